The molecular formula is C14H24N2. The molecule has 0 unspecified atom stereocenters. The van der Waals surface area contributed by atoms with Crippen molar-refractivity contribution in [2.24, 2.45) is 15.9 Å². The summed E-state index contributed by atoms with van der Waals surface area (Å²) in [6.45, 7) is 0.968. The van der Waals surface area contributed by atoms with Gasteiger partial charge in [-0.05, 0) is 31.6 Å². The third-order valence-corrected chi connectivity index (χ3v) is 3.96. The highest BCUT2D eigenvalue weighted by Gasteiger charge is 2.12. The van der Waals surface area contributed by atoms with E-state index in [9.17, 15) is 0 Å². The number of rotatable bonds is 3. The lowest BCUT2D eigenvalue weighted by atomic mass is 9.89. The normalized spacial score (nSPS) is 23.8. The van der Waals surface area contributed by atoms with E-state index in [1.165, 1.54) is 64.2 Å². The molecule has 0 aliphatic heterocycles. The summed E-state index contributed by atoms with van der Waals surface area (Å²) in [5, 5.41) is 0. The zero-order valence-electron chi connectivity index (χ0n) is 10.3. The highest BCUT2D eigenvalue weighted by Crippen LogP contribution is 2.23. The molecule has 0 radical (unpaired) electrons. The van der Waals surface area contributed by atoms with Crippen molar-refractivity contribution in [3.63, 3.8) is 0 Å². The van der Waals surface area contributed by atoms with E-state index in [0.717, 1.165) is 12.5 Å². The van der Waals surface area contributed by atoms with Crippen LogP contribution in [0.25, 0.3) is 0 Å². The fraction of sp³-hybridized carbons (Fsp3) is 0.929. The molecule has 0 N–H and O–H groups in total. The Hall–Kier alpha value is -0.620. The molecule has 90 valence electrons. The van der Waals surface area contributed by atoms with Gasteiger partial charge in [0.25, 0.3) is 0 Å². The number of aliphatic imine (C=N–C) groups is 2. The Labute approximate surface area is 99.3 Å². The van der Waals surface area contributed by atoms with Crippen LogP contribution in [0.2, 0.25) is 0 Å². The average Bonchev–Trinajstić information content (AvgIpc) is 2.37. The van der Waals surface area contributed by atoms with E-state index >= 15 is 0 Å². The van der Waals surface area contributed by atoms with Gasteiger partial charge in [-0.1, -0.05) is 38.5 Å². The van der Waals surface area contributed by atoms with Gasteiger partial charge in [-0.25, -0.2) is 9.98 Å². The van der Waals surface area contributed by atoms with E-state index in [-0.39, 0.29) is 0 Å². The Kier molecular flexibility index (Phi) is 5.08. The molecule has 0 aromatic rings. The lowest BCUT2D eigenvalue weighted by Crippen LogP contribution is -2.10. The zero-order chi connectivity index (χ0) is 11.1. The summed E-state index contributed by atoms with van der Waals surface area (Å²) in [7, 11) is 0. The summed E-state index contributed by atoms with van der Waals surface area (Å²) in [5.41, 5.74) is 0. The molecule has 0 saturated heterocycles. The lowest BCUT2D eigenvalue weighted by Gasteiger charge is -2.18. The highest BCUT2D eigenvalue weighted by molar-refractivity contribution is 5.41. The summed E-state index contributed by atoms with van der Waals surface area (Å²) in [4.78, 5) is 8.82. The molecule has 0 amide bonds. The first-order valence-electron chi connectivity index (χ1n) is 7.06. The van der Waals surface area contributed by atoms with E-state index < -0.39 is 0 Å². The van der Waals surface area contributed by atoms with Crippen LogP contribution in [0.3, 0.4) is 0 Å². The predicted octanol–water partition coefficient (Wildman–Crippen LogP) is 4.07. The maximum absolute atomic E-state index is 4.45. The van der Waals surface area contributed by atoms with Gasteiger partial charge in [0, 0.05) is 0 Å². The molecule has 2 saturated carbocycles. The van der Waals surface area contributed by atoms with Crippen LogP contribution >= 0.6 is 0 Å². The molecule has 0 spiro atoms. The Bertz CT molecular complexity index is 241. The van der Waals surface area contributed by atoms with Gasteiger partial charge >= 0.3 is 0 Å². The van der Waals surface area contributed by atoms with Crippen molar-refractivity contribution in [1.29, 1.82) is 0 Å². The average molecular weight is 220 g/mol. The number of hydrogen-bond donors (Lipinski definition) is 0. The topological polar surface area (TPSA) is 24.7 Å². The van der Waals surface area contributed by atoms with Crippen LogP contribution in [0.5, 0.6) is 0 Å². The van der Waals surface area contributed by atoms with Gasteiger partial charge in [-0.2, -0.15) is 0 Å². The molecule has 2 rings (SSSR count). The summed E-state index contributed by atoms with van der Waals surface area (Å²) >= 11 is 0. The SMILES string of the molecule is C(=NCC1CCCCC1)=NC1CCCCC1. The third-order valence-electron chi connectivity index (χ3n) is 3.96. The van der Waals surface area contributed by atoms with Crippen molar-refractivity contribution in [1.82, 2.24) is 0 Å². The first kappa shape index (κ1) is 11.9. The van der Waals surface area contributed by atoms with Crippen molar-refractivity contribution in [3.8, 4) is 0 Å². The fourth-order valence-electron chi connectivity index (χ4n) is 2.87. The largest absolute Gasteiger partial charge is 0.225 e. The summed E-state index contributed by atoms with van der Waals surface area (Å²) in [6, 6.07) is 3.48. The van der Waals surface area contributed by atoms with E-state index in [2.05, 4.69) is 16.0 Å². The zero-order valence-corrected chi connectivity index (χ0v) is 10.3. The van der Waals surface area contributed by atoms with Gasteiger partial charge in [0.1, 0.15) is 0 Å². The van der Waals surface area contributed by atoms with Gasteiger partial charge in [-0.15, -0.1) is 0 Å². The van der Waals surface area contributed by atoms with Crippen LogP contribution in [-0.4, -0.2) is 18.6 Å². The summed E-state index contributed by atoms with van der Waals surface area (Å²) in [6.07, 6.45) is 13.6. The Morgan fingerprint density at radius 2 is 1.44 bits per heavy atom. The molecule has 0 atom stereocenters. The van der Waals surface area contributed by atoms with Gasteiger partial charge in [-0.3, -0.25) is 0 Å². The molecular weight excluding hydrogens is 196 g/mol. The van der Waals surface area contributed by atoms with E-state index in [0.29, 0.717) is 6.04 Å². The minimum absolute atomic E-state index is 0.531. The molecule has 0 aromatic carbocycles. The molecule has 2 heteroatoms. The second kappa shape index (κ2) is 6.85. The second-order valence-electron chi connectivity index (χ2n) is 5.37. The monoisotopic (exact) mass is 220 g/mol. The van der Waals surface area contributed by atoms with Crippen molar-refractivity contribution < 1.29 is 0 Å². The van der Waals surface area contributed by atoms with Crippen LogP contribution < -0.4 is 0 Å². The summed E-state index contributed by atoms with van der Waals surface area (Å²) in [5.74, 6) is 0.822. The second-order valence-corrected chi connectivity index (χ2v) is 5.37. The van der Waals surface area contributed by atoms with Crippen LogP contribution in [-0.2, 0) is 0 Å². The van der Waals surface area contributed by atoms with Gasteiger partial charge in [0.15, 0.2) is 0 Å². The third kappa shape index (κ3) is 4.09. The Balaban J connectivity index is 1.68. The van der Waals surface area contributed by atoms with E-state index in [1.807, 2.05) is 0 Å². The van der Waals surface area contributed by atoms with Gasteiger partial charge in [0.2, 0.25) is 0 Å². The van der Waals surface area contributed by atoms with Crippen molar-refractivity contribution in [2.75, 3.05) is 6.54 Å². The number of nitrogens with zero attached hydrogens (tertiary/aromatic N) is 2. The molecule has 2 aliphatic rings. The van der Waals surface area contributed by atoms with Crippen LogP contribution in [0, 0.1) is 5.92 Å². The van der Waals surface area contributed by atoms with Crippen LogP contribution in [0.4, 0.5) is 0 Å². The first-order chi connectivity index (χ1) is 7.95. The maximum Gasteiger partial charge on any atom is 0.0895 e. The Morgan fingerprint density at radius 1 is 0.812 bits per heavy atom. The minimum Gasteiger partial charge on any atom is -0.225 e. The van der Waals surface area contributed by atoms with Crippen LogP contribution in [0.1, 0.15) is 64.2 Å². The van der Waals surface area contributed by atoms with Crippen molar-refractivity contribution >= 4 is 6.01 Å². The Morgan fingerprint density at radius 3 is 2.12 bits per heavy atom. The maximum atomic E-state index is 4.45. The quantitative estimate of drug-likeness (QED) is 0.640. The first-order valence-corrected chi connectivity index (χ1v) is 7.06. The molecule has 16 heavy (non-hydrogen) atoms. The fourth-order valence-corrected chi connectivity index (χ4v) is 2.87. The van der Waals surface area contributed by atoms with Gasteiger partial charge in [0.05, 0.1) is 18.6 Å². The van der Waals surface area contributed by atoms with E-state index in [4.69, 9.17) is 0 Å². The predicted molar refractivity (Wildman–Crippen MR) is 68.2 cm³/mol. The standard InChI is InChI=1S/C14H24N2/c1-3-7-13(8-4-1)11-15-12-16-14-9-5-2-6-10-14/h13-14H,1-11H2. The molecule has 0 aromatic heterocycles. The van der Waals surface area contributed by atoms with E-state index in [1.54, 1.807) is 0 Å². The molecule has 0 heterocycles. The lowest BCUT2D eigenvalue weighted by molar-refractivity contribution is 0.367. The summed E-state index contributed by atoms with van der Waals surface area (Å²) < 4.78 is 0. The minimum atomic E-state index is 0.531. The van der Waals surface area contributed by atoms with Crippen molar-refractivity contribution in [3.05, 3.63) is 0 Å². The van der Waals surface area contributed by atoms with Crippen LogP contribution in [0.15, 0.2) is 9.98 Å². The van der Waals surface area contributed by atoms with Crippen molar-refractivity contribution in [2.45, 2.75) is 70.3 Å². The highest BCUT2D eigenvalue weighted by atomic mass is 14.8. The molecule has 2 aliphatic carbocycles. The molecule has 2 fully saturated rings. The molecule has 0 bridgehead atoms. The smallest absolute Gasteiger partial charge is 0.0895 e. The van der Waals surface area contributed by atoms with Gasteiger partial charge < -0.3 is 0 Å². The molecule has 2 nitrogen and oxygen atoms in total. The number of hydrogen-bond acceptors (Lipinski definition) is 2.